The van der Waals surface area contributed by atoms with Crippen LogP contribution >= 0.6 is 0 Å². The number of hydrogen-bond acceptors (Lipinski definition) is 2. The maximum atomic E-state index is 9.07. The third-order valence-electron chi connectivity index (χ3n) is 1.95. The van der Waals surface area contributed by atoms with Gasteiger partial charge in [-0.1, -0.05) is 25.5 Å². The number of hydrogen-bond donors (Lipinski definition) is 1. The summed E-state index contributed by atoms with van der Waals surface area (Å²) in [6.45, 7) is 5.99. The topological polar surface area (TPSA) is 23.5 Å². The Morgan fingerprint density at radius 1 is 1.36 bits per heavy atom. The Balaban J connectivity index is 2.38. The van der Waals surface area contributed by atoms with Crippen LogP contribution in [0.4, 0.5) is 0 Å². The summed E-state index contributed by atoms with van der Waals surface area (Å²) in [6.07, 6.45) is 4.39. The smallest absolute Gasteiger partial charge is 0.0275 e. The molecule has 0 spiro atoms. The molecule has 1 aliphatic heterocycles. The maximum Gasteiger partial charge on any atom is 0.0275 e. The van der Waals surface area contributed by atoms with Gasteiger partial charge in [0, 0.05) is 13.1 Å². The minimum Gasteiger partial charge on any atom is -0.314 e. The molecule has 0 unspecified atom stereocenters. The van der Waals surface area contributed by atoms with Crippen molar-refractivity contribution in [3.8, 4) is 0 Å². The van der Waals surface area contributed by atoms with Crippen LogP contribution in [0.5, 0.6) is 0 Å². The summed E-state index contributed by atoms with van der Waals surface area (Å²) < 4.78 is 0. The molecular formula is C9H17NO. The van der Waals surface area contributed by atoms with Crippen LogP contribution < -0.4 is 0 Å². The van der Waals surface area contributed by atoms with Gasteiger partial charge in [-0.2, -0.15) is 5.06 Å². The van der Waals surface area contributed by atoms with E-state index < -0.39 is 0 Å². The molecular weight excluding hydrogens is 138 g/mol. The number of rotatable bonds is 1. The van der Waals surface area contributed by atoms with E-state index in [0.717, 1.165) is 25.9 Å². The van der Waals surface area contributed by atoms with Gasteiger partial charge < -0.3 is 5.21 Å². The lowest BCUT2D eigenvalue weighted by molar-refractivity contribution is -0.0960. The highest BCUT2D eigenvalue weighted by Gasteiger charge is 2.10. The van der Waals surface area contributed by atoms with Crippen molar-refractivity contribution in [3.63, 3.8) is 0 Å². The molecule has 1 heterocycles. The Bertz CT molecular complexity index is 142. The summed E-state index contributed by atoms with van der Waals surface area (Å²) in [5.41, 5.74) is 1.50. The van der Waals surface area contributed by atoms with E-state index in [1.165, 1.54) is 10.6 Å². The van der Waals surface area contributed by atoms with Gasteiger partial charge in [0.15, 0.2) is 0 Å². The summed E-state index contributed by atoms with van der Waals surface area (Å²) in [4.78, 5) is 0. The molecule has 64 valence electrons. The van der Waals surface area contributed by atoms with Crippen LogP contribution in [0.3, 0.4) is 0 Å². The SMILES string of the molecule is CC(C)C=C1CCN(O)CC1. The van der Waals surface area contributed by atoms with Gasteiger partial charge in [-0.3, -0.25) is 0 Å². The number of piperidine rings is 1. The van der Waals surface area contributed by atoms with Gasteiger partial charge in [-0.15, -0.1) is 0 Å². The monoisotopic (exact) mass is 155 g/mol. The Morgan fingerprint density at radius 2 is 1.91 bits per heavy atom. The minimum atomic E-state index is 0.648. The average molecular weight is 155 g/mol. The van der Waals surface area contributed by atoms with E-state index in [0.29, 0.717) is 5.92 Å². The zero-order chi connectivity index (χ0) is 8.27. The van der Waals surface area contributed by atoms with E-state index in [9.17, 15) is 0 Å². The molecule has 1 saturated heterocycles. The zero-order valence-electron chi connectivity index (χ0n) is 7.38. The van der Waals surface area contributed by atoms with Crippen LogP contribution in [-0.4, -0.2) is 23.4 Å². The summed E-state index contributed by atoms with van der Waals surface area (Å²) in [6, 6.07) is 0. The first-order valence-electron chi connectivity index (χ1n) is 4.32. The Morgan fingerprint density at radius 3 is 2.36 bits per heavy atom. The molecule has 0 aromatic rings. The standard InChI is InChI=1S/C9H17NO/c1-8(2)7-9-3-5-10(11)6-4-9/h7-8,11H,3-6H2,1-2H3. The first-order valence-corrected chi connectivity index (χ1v) is 4.32. The summed E-state index contributed by atoms with van der Waals surface area (Å²) >= 11 is 0. The van der Waals surface area contributed by atoms with Crippen molar-refractivity contribution >= 4 is 0 Å². The highest BCUT2D eigenvalue weighted by molar-refractivity contribution is 5.06. The summed E-state index contributed by atoms with van der Waals surface area (Å²) in [5.74, 6) is 0.648. The van der Waals surface area contributed by atoms with Gasteiger partial charge in [0.05, 0.1) is 0 Å². The molecule has 0 aromatic carbocycles. The van der Waals surface area contributed by atoms with Crippen LogP contribution in [0.1, 0.15) is 26.7 Å². The Kier molecular flexibility index (Phi) is 3.09. The van der Waals surface area contributed by atoms with E-state index >= 15 is 0 Å². The fourth-order valence-electron chi connectivity index (χ4n) is 1.42. The van der Waals surface area contributed by atoms with Gasteiger partial charge >= 0.3 is 0 Å². The fraction of sp³-hybridized carbons (Fsp3) is 0.778. The number of nitrogens with zero attached hydrogens (tertiary/aromatic N) is 1. The van der Waals surface area contributed by atoms with Gasteiger partial charge in [-0.05, 0) is 18.8 Å². The molecule has 2 nitrogen and oxygen atoms in total. The molecule has 0 aliphatic carbocycles. The van der Waals surface area contributed by atoms with E-state index in [4.69, 9.17) is 5.21 Å². The third-order valence-corrected chi connectivity index (χ3v) is 1.95. The molecule has 0 atom stereocenters. The fourth-order valence-corrected chi connectivity index (χ4v) is 1.42. The second-order valence-corrected chi connectivity index (χ2v) is 3.52. The molecule has 1 rings (SSSR count). The molecule has 0 amide bonds. The zero-order valence-corrected chi connectivity index (χ0v) is 7.38. The minimum absolute atomic E-state index is 0.648. The Labute approximate surface area is 68.5 Å². The molecule has 1 N–H and O–H groups in total. The molecule has 2 heteroatoms. The van der Waals surface area contributed by atoms with Gasteiger partial charge in [0.25, 0.3) is 0 Å². The molecule has 0 saturated carbocycles. The van der Waals surface area contributed by atoms with Crippen molar-refractivity contribution in [2.45, 2.75) is 26.7 Å². The first-order chi connectivity index (χ1) is 5.18. The average Bonchev–Trinajstić information content (AvgIpc) is 1.93. The van der Waals surface area contributed by atoms with Crippen molar-refractivity contribution in [2.24, 2.45) is 5.92 Å². The van der Waals surface area contributed by atoms with Crippen LogP contribution in [0.15, 0.2) is 11.6 Å². The molecule has 1 fully saturated rings. The second kappa shape index (κ2) is 3.88. The summed E-state index contributed by atoms with van der Waals surface area (Å²) in [5, 5.41) is 10.5. The summed E-state index contributed by atoms with van der Waals surface area (Å²) in [7, 11) is 0. The van der Waals surface area contributed by atoms with Crippen LogP contribution in [0.25, 0.3) is 0 Å². The lowest BCUT2D eigenvalue weighted by Gasteiger charge is -2.22. The van der Waals surface area contributed by atoms with Crippen molar-refractivity contribution in [3.05, 3.63) is 11.6 Å². The quantitative estimate of drug-likeness (QED) is 0.586. The lowest BCUT2D eigenvalue weighted by Crippen LogP contribution is -2.27. The van der Waals surface area contributed by atoms with E-state index in [2.05, 4.69) is 19.9 Å². The highest BCUT2D eigenvalue weighted by Crippen LogP contribution is 2.16. The first kappa shape index (κ1) is 8.75. The maximum absolute atomic E-state index is 9.07. The molecule has 0 aromatic heterocycles. The second-order valence-electron chi connectivity index (χ2n) is 3.52. The largest absolute Gasteiger partial charge is 0.314 e. The van der Waals surface area contributed by atoms with E-state index in [1.807, 2.05) is 0 Å². The van der Waals surface area contributed by atoms with Crippen LogP contribution in [0.2, 0.25) is 0 Å². The van der Waals surface area contributed by atoms with E-state index in [-0.39, 0.29) is 0 Å². The normalized spacial score (nSPS) is 20.9. The number of hydroxylamine groups is 2. The lowest BCUT2D eigenvalue weighted by atomic mass is 10.0. The molecule has 11 heavy (non-hydrogen) atoms. The van der Waals surface area contributed by atoms with E-state index in [1.54, 1.807) is 0 Å². The van der Waals surface area contributed by atoms with Crippen LogP contribution in [0, 0.1) is 5.92 Å². The van der Waals surface area contributed by atoms with Crippen molar-refractivity contribution in [1.82, 2.24) is 5.06 Å². The molecule has 1 aliphatic rings. The number of allylic oxidation sites excluding steroid dienone is 1. The van der Waals surface area contributed by atoms with Crippen LogP contribution in [-0.2, 0) is 0 Å². The van der Waals surface area contributed by atoms with Crippen molar-refractivity contribution in [1.29, 1.82) is 0 Å². The van der Waals surface area contributed by atoms with Gasteiger partial charge in [0.1, 0.15) is 0 Å². The van der Waals surface area contributed by atoms with Crippen molar-refractivity contribution < 1.29 is 5.21 Å². The highest BCUT2D eigenvalue weighted by atomic mass is 16.5. The van der Waals surface area contributed by atoms with Crippen molar-refractivity contribution in [2.75, 3.05) is 13.1 Å². The third kappa shape index (κ3) is 3.04. The van der Waals surface area contributed by atoms with Gasteiger partial charge in [0.2, 0.25) is 0 Å². The molecule has 0 radical (unpaired) electrons. The van der Waals surface area contributed by atoms with Gasteiger partial charge in [-0.25, -0.2) is 0 Å². The predicted octanol–water partition coefficient (Wildman–Crippen LogP) is 2.05. The molecule has 0 bridgehead atoms. The Hall–Kier alpha value is -0.340. The predicted molar refractivity (Wildman–Crippen MR) is 45.5 cm³/mol.